The van der Waals surface area contributed by atoms with Crippen LogP contribution in [0.1, 0.15) is 43.4 Å². The maximum Gasteiger partial charge on any atom is 0.226 e. The lowest BCUT2D eigenvalue weighted by Gasteiger charge is -2.41. The predicted octanol–water partition coefficient (Wildman–Crippen LogP) is 2.32. The third kappa shape index (κ3) is 2.50. The van der Waals surface area contributed by atoms with E-state index in [0.717, 1.165) is 57.6 Å². The Morgan fingerprint density at radius 3 is 2.83 bits per heavy atom. The van der Waals surface area contributed by atoms with Gasteiger partial charge in [-0.2, -0.15) is 0 Å². The molecular formula is C19H26N4O. The van der Waals surface area contributed by atoms with Gasteiger partial charge in [0.2, 0.25) is 11.9 Å². The van der Waals surface area contributed by atoms with Gasteiger partial charge in [-0.3, -0.25) is 4.79 Å². The van der Waals surface area contributed by atoms with Gasteiger partial charge in [0.25, 0.3) is 0 Å². The summed E-state index contributed by atoms with van der Waals surface area (Å²) in [6.45, 7) is 1.73. The number of hydrogen-bond donors (Lipinski definition) is 0. The lowest BCUT2D eigenvalue weighted by atomic mass is 9.77. The highest BCUT2D eigenvalue weighted by Gasteiger charge is 2.45. The maximum absolute atomic E-state index is 12.9. The van der Waals surface area contributed by atoms with Gasteiger partial charge in [0, 0.05) is 44.7 Å². The number of carbonyl (C=O) groups is 1. The largest absolute Gasteiger partial charge is 0.347 e. The van der Waals surface area contributed by atoms with Gasteiger partial charge < -0.3 is 9.80 Å². The zero-order valence-corrected chi connectivity index (χ0v) is 14.7. The second-order valence-corrected chi connectivity index (χ2v) is 7.72. The van der Waals surface area contributed by atoms with Crippen molar-refractivity contribution >= 4 is 11.9 Å². The Kier molecular flexibility index (Phi) is 3.82. The van der Waals surface area contributed by atoms with Crippen LogP contribution in [0.2, 0.25) is 0 Å². The zero-order chi connectivity index (χ0) is 16.7. The molecule has 24 heavy (non-hydrogen) atoms. The van der Waals surface area contributed by atoms with Crippen LogP contribution < -0.4 is 4.90 Å². The maximum atomic E-state index is 12.9. The number of aromatic nitrogens is 2. The monoisotopic (exact) mass is 326 g/mol. The molecule has 2 heterocycles. The van der Waals surface area contributed by atoms with Crippen molar-refractivity contribution in [2.45, 2.75) is 43.9 Å². The normalized spacial score (nSPS) is 26.2. The summed E-state index contributed by atoms with van der Waals surface area (Å²) >= 11 is 0. The highest BCUT2D eigenvalue weighted by molar-refractivity contribution is 5.80. The molecular weight excluding hydrogens is 300 g/mol. The second-order valence-electron chi connectivity index (χ2n) is 7.72. The fourth-order valence-corrected chi connectivity index (χ4v) is 4.54. The molecule has 1 fully saturated rings. The quantitative estimate of drug-likeness (QED) is 0.783. The lowest BCUT2D eigenvalue weighted by Crippen LogP contribution is -2.49. The first-order chi connectivity index (χ1) is 11.6. The van der Waals surface area contributed by atoms with Gasteiger partial charge in [-0.05, 0) is 44.1 Å². The van der Waals surface area contributed by atoms with Crippen LogP contribution in [-0.2, 0) is 16.6 Å². The van der Waals surface area contributed by atoms with E-state index in [2.05, 4.69) is 22.0 Å². The van der Waals surface area contributed by atoms with E-state index < -0.39 is 0 Å². The fourth-order valence-electron chi connectivity index (χ4n) is 4.54. The molecule has 3 aliphatic rings. The van der Waals surface area contributed by atoms with Crippen LogP contribution in [0.3, 0.4) is 0 Å². The molecule has 1 amide bonds. The molecule has 0 aromatic carbocycles. The topological polar surface area (TPSA) is 49.3 Å². The van der Waals surface area contributed by atoms with Crippen LogP contribution in [0, 0.1) is 5.92 Å². The van der Waals surface area contributed by atoms with E-state index in [9.17, 15) is 4.79 Å². The van der Waals surface area contributed by atoms with Crippen LogP contribution in [0.15, 0.2) is 18.3 Å². The number of aryl methyl sites for hydroxylation is 1. The molecule has 1 saturated heterocycles. The Morgan fingerprint density at radius 2 is 2.08 bits per heavy atom. The number of allylic oxidation sites excluding steroid dienone is 2. The van der Waals surface area contributed by atoms with Crippen LogP contribution in [0.5, 0.6) is 0 Å². The minimum Gasteiger partial charge on any atom is -0.347 e. The second kappa shape index (κ2) is 5.87. The minimum absolute atomic E-state index is 0.0446. The summed E-state index contributed by atoms with van der Waals surface area (Å²) in [6.07, 6.45) is 12.4. The van der Waals surface area contributed by atoms with Crippen molar-refractivity contribution in [1.29, 1.82) is 0 Å². The molecule has 5 nitrogen and oxygen atoms in total. The molecule has 0 N–H and O–H groups in total. The summed E-state index contributed by atoms with van der Waals surface area (Å²) in [5, 5.41) is 0. The summed E-state index contributed by atoms with van der Waals surface area (Å²) in [6, 6.07) is 0. The molecule has 2 aliphatic carbocycles. The highest BCUT2D eigenvalue weighted by atomic mass is 16.2. The molecule has 1 aliphatic heterocycles. The summed E-state index contributed by atoms with van der Waals surface area (Å²) < 4.78 is 0. The van der Waals surface area contributed by atoms with Gasteiger partial charge in [0.05, 0.1) is 5.69 Å². The number of anilines is 1. The Balaban J connectivity index is 1.60. The number of amides is 1. The standard InChI is InChI=1S/C19H26N4O/c1-22(2)18-20-12-15-8-10-19(16(15)21-18)9-5-11-23(13-19)17(24)14-6-3-4-7-14/h3-4,12,14H,5-11,13H2,1-2H3. The van der Waals surface area contributed by atoms with E-state index in [1.807, 2.05) is 25.2 Å². The third-order valence-corrected chi connectivity index (χ3v) is 5.87. The Labute approximate surface area is 143 Å². The van der Waals surface area contributed by atoms with Gasteiger partial charge in [0.15, 0.2) is 0 Å². The van der Waals surface area contributed by atoms with Crippen molar-refractivity contribution in [2.24, 2.45) is 5.92 Å². The van der Waals surface area contributed by atoms with Crippen molar-refractivity contribution in [3.05, 3.63) is 29.6 Å². The van der Waals surface area contributed by atoms with Gasteiger partial charge in [-0.25, -0.2) is 9.97 Å². The molecule has 1 aromatic rings. The molecule has 0 radical (unpaired) electrons. The summed E-state index contributed by atoms with van der Waals surface area (Å²) in [4.78, 5) is 26.3. The van der Waals surface area contributed by atoms with Gasteiger partial charge in [-0.1, -0.05) is 12.2 Å². The number of likely N-dealkylation sites (tertiary alicyclic amines) is 1. The van der Waals surface area contributed by atoms with Crippen molar-refractivity contribution in [3.63, 3.8) is 0 Å². The third-order valence-electron chi connectivity index (χ3n) is 5.87. The first kappa shape index (κ1) is 15.6. The molecule has 128 valence electrons. The predicted molar refractivity (Wildman–Crippen MR) is 94.0 cm³/mol. The van der Waals surface area contributed by atoms with Crippen molar-refractivity contribution in [1.82, 2.24) is 14.9 Å². The molecule has 0 saturated carbocycles. The highest BCUT2D eigenvalue weighted by Crippen LogP contribution is 2.44. The van der Waals surface area contributed by atoms with E-state index >= 15 is 0 Å². The lowest BCUT2D eigenvalue weighted by molar-refractivity contribution is -0.137. The number of fused-ring (bicyclic) bond motifs is 2. The van der Waals surface area contributed by atoms with E-state index in [1.54, 1.807) is 0 Å². The molecule has 4 rings (SSSR count). The Morgan fingerprint density at radius 1 is 1.29 bits per heavy atom. The van der Waals surface area contributed by atoms with Gasteiger partial charge in [-0.15, -0.1) is 0 Å². The Hall–Kier alpha value is -1.91. The SMILES string of the molecule is CN(C)c1ncc2c(n1)C1(CCCN(C(=O)C3CC=CC3)C1)CC2. The molecule has 1 unspecified atom stereocenters. The van der Waals surface area contributed by atoms with Crippen LogP contribution in [-0.4, -0.2) is 48.0 Å². The number of rotatable bonds is 2. The molecule has 5 heteroatoms. The minimum atomic E-state index is 0.0446. The van der Waals surface area contributed by atoms with E-state index in [-0.39, 0.29) is 11.3 Å². The molecule has 1 spiro atoms. The Bertz CT molecular complexity index is 672. The van der Waals surface area contributed by atoms with E-state index in [0.29, 0.717) is 5.91 Å². The van der Waals surface area contributed by atoms with Crippen LogP contribution >= 0.6 is 0 Å². The average Bonchev–Trinajstić information content (AvgIpc) is 3.23. The molecule has 1 atom stereocenters. The fraction of sp³-hybridized carbons (Fsp3) is 0.632. The van der Waals surface area contributed by atoms with E-state index in [1.165, 1.54) is 11.3 Å². The van der Waals surface area contributed by atoms with Crippen molar-refractivity contribution < 1.29 is 4.79 Å². The molecule has 1 aromatic heterocycles. The first-order valence-corrected chi connectivity index (χ1v) is 9.07. The average molecular weight is 326 g/mol. The smallest absolute Gasteiger partial charge is 0.226 e. The first-order valence-electron chi connectivity index (χ1n) is 9.07. The number of nitrogens with zero attached hydrogens (tertiary/aromatic N) is 4. The van der Waals surface area contributed by atoms with Crippen LogP contribution in [0.4, 0.5) is 5.95 Å². The summed E-state index contributed by atoms with van der Waals surface area (Å²) in [5.41, 5.74) is 2.52. The van der Waals surface area contributed by atoms with Crippen molar-refractivity contribution in [2.75, 3.05) is 32.1 Å². The zero-order valence-electron chi connectivity index (χ0n) is 14.7. The van der Waals surface area contributed by atoms with Gasteiger partial charge >= 0.3 is 0 Å². The molecule has 0 bridgehead atoms. The van der Waals surface area contributed by atoms with Crippen LogP contribution in [0.25, 0.3) is 0 Å². The summed E-state index contributed by atoms with van der Waals surface area (Å²) in [5.74, 6) is 1.29. The number of hydrogen-bond acceptors (Lipinski definition) is 4. The number of carbonyl (C=O) groups excluding carboxylic acids is 1. The van der Waals surface area contributed by atoms with E-state index in [4.69, 9.17) is 4.98 Å². The van der Waals surface area contributed by atoms with Crippen molar-refractivity contribution in [3.8, 4) is 0 Å². The van der Waals surface area contributed by atoms with Gasteiger partial charge in [0.1, 0.15) is 0 Å². The summed E-state index contributed by atoms with van der Waals surface area (Å²) in [7, 11) is 3.96. The number of piperidine rings is 1.